The zero-order valence-corrected chi connectivity index (χ0v) is 8.22. The molecule has 0 aromatic rings. The molecule has 0 aromatic carbocycles. The molecule has 1 aliphatic carbocycles. The fourth-order valence-electron chi connectivity index (χ4n) is 1.71. The van der Waals surface area contributed by atoms with Crippen molar-refractivity contribution in [3.63, 3.8) is 0 Å². The predicted molar refractivity (Wildman–Crippen MR) is 49.0 cm³/mol. The first-order chi connectivity index (χ1) is 6.38. The van der Waals surface area contributed by atoms with Gasteiger partial charge in [0.1, 0.15) is 0 Å². The highest BCUT2D eigenvalue weighted by molar-refractivity contribution is 5.77. The molecule has 1 aliphatic rings. The Morgan fingerprint density at radius 1 is 1.57 bits per heavy atom. The summed E-state index contributed by atoms with van der Waals surface area (Å²) in [7, 11) is 0. The normalized spacial score (nSPS) is 27.7. The molecule has 3 N–H and O–H groups in total. The van der Waals surface area contributed by atoms with Crippen LogP contribution < -0.4 is 11.1 Å². The topological polar surface area (TPSA) is 55.1 Å². The summed E-state index contributed by atoms with van der Waals surface area (Å²) in [4.78, 5) is 11.1. The number of carbonyl (C=O) groups excluding carboxylic acids is 1. The van der Waals surface area contributed by atoms with Gasteiger partial charge in [0.2, 0.25) is 5.91 Å². The van der Waals surface area contributed by atoms with Gasteiger partial charge in [0.25, 0.3) is 5.92 Å². The van der Waals surface area contributed by atoms with Gasteiger partial charge in [-0.2, -0.15) is 0 Å². The molecule has 0 radical (unpaired) electrons. The van der Waals surface area contributed by atoms with E-state index in [1.54, 1.807) is 0 Å². The molecule has 0 bridgehead atoms. The van der Waals surface area contributed by atoms with E-state index < -0.39 is 18.3 Å². The fourth-order valence-corrected chi connectivity index (χ4v) is 1.71. The highest BCUT2D eigenvalue weighted by atomic mass is 19.3. The van der Waals surface area contributed by atoms with Crippen LogP contribution in [0.1, 0.15) is 32.6 Å². The summed E-state index contributed by atoms with van der Waals surface area (Å²) in [6.07, 6.45) is 1.85. The quantitative estimate of drug-likeness (QED) is 0.724. The van der Waals surface area contributed by atoms with Crippen LogP contribution in [-0.2, 0) is 4.79 Å². The third-order valence-electron chi connectivity index (χ3n) is 2.39. The van der Waals surface area contributed by atoms with Crippen molar-refractivity contribution >= 4 is 5.91 Å². The fraction of sp³-hybridized carbons (Fsp3) is 0.889. The molecule has 82 valence electrons. The molecule has 0 aliphatic heterocycles. The van der Waals surface area contributed by atoms with Crippen molar-refractivity contribution in [1.82, 2.24) is 5.32 Å². The number of hydrogen-bond donors (Lipinski definition) is 2. The van der Waals surface area contributed by atoms with Gasteiger partial charge in [-0.1, -0.05) is 0 Å². The molecule has 0 aromatic heterocycles. The van der Waals surface area contributed by atoms with E-state index in [1.807, 2.05) is 0 Å². The van der Waals surface area contributed by atoms with Crippen LogP contribution in [0.25, 0.3) is 0 Å². The second-order valence-electron chi connectivity index (χ2n) is 4.02. The van der Waals surface area contributed by atoms with Crippen LogP contribution in [0.2, 0.25) is 0 Å². The zero-order chi connectivity index (χ0) is 10.8. The van der Waals surface area contributed by atoms with Gasteiger partial charge in [-0.15, -0.1) is 0 Å². The molecule has 2 atom stereocenters. The largest absolute Gasteiger partial charge is 0.352 e. The zero-order valence-electron chi connectivity index (χ0n) is 8.22. The maximum absolute atomic E-state index is 12.5. The van der Waals surface area contributed by atoms with E-state index in [2.05, 4.69) is 5.32 Å². The monoisotopic (exact) mass is 206 g/mol. The molecular formula is C9H16F2N2O. The van der Waals surface area contributed by atoms with E-state index in [4.69, 9.17) is 5.73 Å². The summed E-state index contributed by atoms with van der Waals surface area (Å²) in [5.41, 5.74) is 5.69. The standard InChI is InChI=1S/C9H16F2N2O/c1-9(10,11)5-8(14)13-7-4-2-3-6(7)12/h6-7H,2-5,12H2,1H3,(H,13,14). The maximum Gasteiger partial charge on any atom is 0.254 e. The van der Waals surface area contributed by atoms with Gasteiger partial charge in [-0.3, -0.25) is 4.79 Å². The average Bonchev–Trinajstić information content (AvgIpc) is 2.32. The van der Waals surface area contributed by atoms with Crippen LogP contribution in [0.4, 0.5) is 8.78 Å². The molecule has 1 amide bonds. The molecule has 0 heterocycles. The van der Waals surface area contributed by atoms with Crippen LogP contribution in [0.5, 0.6) is 0 Å². The van der Waals surface area contributed by atoms with Gasteiger partial charge in [0.15, 0.2) is 0 Å². The van der Waals surface area contributed by atoms with E-state index in [-0.39, 0.29) is 12.1 Å². The molecule has 0 saturated heterocycles. The number of rotatable bonds is 3. The van der Waals surface area contributed by atoms with E-state index in [0.29, 0.717) is 0 Å². The lowest BCUT2D eigenvalue weighted by Crippen LogP contribution is -2.45. The highest BCUT2D eigenvalue weighted by Gasteiger charge is 2.29. The molecule has 5 heteroatoms. The SMILES string of the molecule is CC(F)(F)CC(=O)NC1CCCC1N. The first kappa shape index (κ1) is 11.4. The number of carbonyl (C=O) groups is 1. The van der Waals surface area contributed by atoms with Gasteiger partial charge in [-0.25, -0.2) is 8.78 Å². The summed E-state index contributed by atoms with van der Waals surface area (Å²) in [6, 6.07) is -0.200. The molecule has 2 unspecified atom stereocenters. The predicted octanol–water partition coefficient (Wildman–Crippen LogP) is 1.03. The number of hydrogen-bond acceptors (Lipinski definition) is 2. The lowest BCUT2D eigenvalue weighted by Gasteiger charge is -2.18. The van der Waals surface area contributed by atoms with Crippen LogP contribution in [0.3, 0.4) is 0 Å². The van der Waals surface area contributed by atoms with Gasteiger partial charge in [-0.05, 0) is 26.2 Å². The lowest BCUT2D eigenvalue weighted by molar-refractivity contribution is -0.128. The summed E-state index contributed by atoms with van der Waals surface area (Å²) in [6.45, 7) is 0.737. The van der Waals surface area contributed by atoms with Gasteiger partial charge >= 0.3 is 0 Å². The van der Waals surface area contributed by atoms with E-state index in [0.717, 1.165) is 26.2 Å². The Morgan fingerprint density at radius 2 is 2.21 bits per heavy atom. The molecule has 1 rings (SSSR count). The average molecular weight is 206 g/mol. The van der Waals surface area contributed by atoms with E-state index >= 15 is 0 Å². The van der Waals surface area contributed by atoms with Gasteiger partial charge in [0, 0.05) is 12.1 Å². The Morgan fingerprint density at radius 3 is 2.64 bits per heavy atom. The minimum absolute atomic E-state index is 0.0792. The van der Waals surface area contributed by atoms with Crippen molar-refractivity contribution < 1.29 is 13.6 Å². The van der Waals surface area contributed by atoms with Crippen LogP contribution in [0.15, 0.2) is 0 Å². The van der Waals surface area contributed by atoms with Crippen molar-refractivity contribution in [3.05, 3.63) is 0 Å². The number of amides is 1. The molecule has 14 heavy (non-hydrogen) atoms. The van der Waals surface area contributed by atoms with Crippen LogP contribution in [0, 0.1) is 0 Å². The third-order valence-corrected chi connectivity index (χ3v) is 2.39. The summed E-state index contributed by atoms with van der Waals surface area (Å²) in [5, 5.41) is 2.54. The smallest absolute Gasteiger partial charge is 0.254 e. The summed E-state index contributed by atoms with van der Waals surface area (Å²) < 4.78 is 24.9. The Bertz CT molecular complexity index is 215. The van der Waals surface area contributed by atoms with Crippen molar-refractivity contribution in [2.75, 3.05) is 0 Å². The minimum Gasteiger partial charge on any atom is -0.352 e. The minimum atomic E-state index is -2.94. The van der Waals surface area contributed by atoms with Crippen molar-refractivity contribution in [2.24, 2.45) is 5.73 Å². The van der Waals surface area contributed by atoms with Gasteiger partial charge in [0.05, 0.1) is 6.42 Å². The highest BCUT2D eigenvalue weighted by Crippen LogP contribution is 2.19. The van der Waals surface area contributed by atoms with Crippen LogP contribution in [-0.4, -0.2) is 23.9 Å². The Balaban J connectivity index is 2.33. The molecule has 0 spiro atoms. The van der Waals surface area contributed by atoms with Crippen molar-refractivity contribution in [3.8, 4) is 0 Å². The Kier molecular flexibility index (Phi) is 3.42. The Labute approximate surface area is 82.0 Å². The number of halogens is 2. The van der Waals surface area contributed by atoms with E-state index in [1.165, 1.54) is 0 Å². The first-order valence-electron chi connectivity index (χ1n) is 4.81. The van der Waals surface area contributed by atoms with Crippen LogP contribution >= 0.6 is 0 Å². The summed E-state index contributed by atoms with van der Waals surface area (Å²) >= 11 is 0. The second-order valence-corrected chi connectivity index (χ2v) is 4.02. The number of nitrogens with two attached hydrogens (primary N) is 1. The molecule has 3 nitrogen and oxygen atoms in total. The molecule has 1 fully saturated rings. The second kappa shape index (κ2) is 4.21. The van der Waals surface area contributed by atoms with Crippen molar-refractivity contribution in [1.29, 1.82) is 0 Å². The molecule has 1 saturated carbocycles. The first-order valence-corrected chi connectivity index (χ1v) is 4.81. The van der Waals surface area contributed by atoms with E-state index in [9.17, 15) is 13.6 Å². The van der Waals surface area contributed by atoms with Gasteiger partial charge < -0.3 is 11.1 Å². The number of nitrogens with one attached hydrogen (secondary N) is 1. The molecular weight excluding hydrogens is 190 g/mol. The third kappa shape index (κ3) is 3.57. The maximum atomic E-state index is 12.5. The summed E-state index contributed by atoms with van der Waals surface area (Å²) in [5.74, 6) is -3.55. The lowest BCUT2D eigenvalue weighted by atomic mass is 10.1. The number of alkyl halides is 2. The Hall–Kier alpha value is -0.710. The van der Waals surface area contributed by atoms with Crippen molar-refractivity contribution in [2.45, 2.75) is 50.6 Å².